The molecule has 1 heterocycles. The van der Waals surface area contributed by atoms with Crippen molar-refractivity contribution in [3.8, 4) is 17.1 Å². The lowest BCUT2D eigenvalue weighted by Gasteiger charge is -2.06. The summed E-state index contributed by atoms with van der Waals surface area (Å²) in [5.74, 6) is 2.04. The van der Waals surface area contributed by atoms with Gasteiger partial charge in [0.2, 0.25) is 11.7 Å². The largest absolute Gasteiger partial charge is 0.493 e. The number of hydrogen-bond donors (Lipinski definition) is 1. The molecule has 0 radical (unpaired) electrons. The van der Waals surface area contributed by atoms with Gasteiger partial charge in [0.1, 0.15) is 5.75 Å². The third-order valence-corrected chi connectivity index (χ3v) is 3.30. The minimum absolute atomic E-state index is 0.0751. The number of aromatic nitrogens is 2. The van der Waals surface area contributed by atoms with Gasteiger partial charge in [0.15, 0.2) is 0 Å². The third-order valence-electron chi connectivity index (χ3n) is 3.30. The first-order valence-electron chi connectivity index (χ1n) is 6.77. The Morgan fingerprint density at radius 2 is 2.20 bits per heavy atom. The van der Waals surface area contributed by atoms with Crippen molar-refractivity contribution in [2.24, 2.45) is 5.73 Å². The molecule has 2 unspecified atom stereocenters. The molecule has 2 atom stereocenters. The zero-order chi connectivity index (χ0) is 13.9. The Balaban J connectivity index is 1.89. The predicted molar refractivity (Wildman–Crippen MR) is 75.4 cm³/mol. The summed E-state index contributed by atoms with van der Waals surface area (Å²) in [6.45, 7) is 2.55. The van der Waals surface area contributed by atoms with Crippen LogP contribution in [0.15, 0.2) is 40.9 Å². The van der Waals surface area contributed by atoms with Crippen molar-refractivity contribution in [3.63, 3.8) is 0 Å². The Labute approximate surface area is 117 Å². The molecule has 1 aromatic heterocycles. The molecule has 5 heteroatoms. The van der Waals surface area contributed by atoms with Crippen molar-refractivity contribution in [1.82, 2.24) is 10.1 Å². The van der Waals surface area contributed by atoms with Crippen LogP contribution in [0.25, 0.3) is 11.4 Å². The topological polar surface area (TPSA) is 74.2 Å². The molecule has 1 aliphatic rings. The summed E-state index contributed by atoms with van der Waals surface area (Å²) in [4.78, 5) is 4.48. The van der Waals surface area contributed by atoms with Crippen LogP contribution in [0.3, 0.4) is 0 Å². The highest BCUT2D eigenvalue weighted by Gasteiger charge is 2.24. The van der Waals surface area contributed by atoms with Gasteiger partial charge < -0.3 is 15.0 Å². The molecule has 104 valence electrons. The summed E-state index contributed by atoms with van der Waals surface area (Å²) in [6.07, 6.45) is 4.81. The van der Waals surface area contributed by atoms with Gasteiger partial charge in [0.05, 0.1) is 18.1 Å². The Morgan fingerprint density at radius 1 is 1.35 bits per heavy atom. The quantitative estimate of drug-likeness (QED) is 0.865. The SMILES string of the molecule is CCOc1ccccc1-c1noc(C2C=CC(N)C2)n1. The number of rotatable bonds is 4. The summed E-state index contributed by atoms with van der Waals surface area (Å²) < 4.78 is 10.9. The van der Waals surface area contributed by atoms with E-state index in [1.165, 1.54) is 0 Å². The van der Waals surface area contributed by atoms with Gasteiger partial charge in [0, 0.05) is 6.04 Å². The first-order chi connectivity index (χ1) is 9.78. The molecule has 2 aromatic rings. The van der Waals surface area contributed by atoms with E-state index in [-0.39, 0.29) is 12.0 Å². The van der Waals surface area contributed by atoms with Crippen LogP contribution < -0.4 is 10.5 Å². The molecule has 2 N–H and O–H groups in total. The zero-order valence-corrected chi connectivity index (χ0v) is 11.3. The summed E-state index contributed by atoms with van der Waals surface area (Å²) in [7, 11) is 0. The van der Waals surface area contributed by atoms with E-state index in [2.05, 4.69) is 10.1 Å². The van der Waals surface area contributed by atoms with Crippen LogP contribution in [0, 0.1) is 0 Å². The van der Waals surface area contributed by atoms with Gasteiger partial charge in [0.25, 0.3) is 0 Å². The second-order valence-corrected chi connectivity index (χ2v) is 4.78. The van der Waals surface area contributed by atoms with Crippen LogP contribution in [0.5, 0.6) is 5.75 Å². The first kappa shape index (κ1) is 12.9. The van der Waals surface area contributed by atoms with Crippen LogP contribution in [0.1, 0.15) is 25.2 Å². The van der Waals surface area contributed by atoms with Gasteiger partial charge in [-0.25, -0.2) is 0 Å². The van der Waals surface area contributed by atoms with Gasteiger partial charge in [-0.05, 0) is 25.5 Å². The van der Waals surface area contributed by atoms with Gasteiger partial charge in [-0.1, -0.05) is 29.4 Å². The van der Waals surface area contributed by atoms with Gasteiger partial charge in [-0.15, -0.1) is 0 Å². The Kier molecular flexibility index (Phi) is 3.52. The fourth-order valence-corrected chi connectivity index (χ4v) is 2.34. The number of benzene rings is 1. The Bertz CT molecular complexity index is 621. The van der Waals surface area contributed by atoms with E-state index < -0.39 is 0 Å². The highest BCUT2D eigenvalue weighted by molar-refractivity contribution is 5.63. The molecule has 0 fully saturated rings. The van der Waals surface area contributed by atoms with Crippen LogP contribution in [0.2, 0.25) is 0 Å². The number of hydrogen-bond acceptors (Lipinski definition) is 5. The molecule has 0 aliphatic heterocycles. The van der Waals surface area contributed by atoms with E-state index in [4.69, 9.17) is 15.0 Å². The zero-order valence-electron chi connectivity index (χ0n) is 11.3. The lowest BCUT2D eigenvalue weighted by atomic mass is 10.1. The van der Waals surface area contributed by atoms with Crippen LogP contribution >= 0.6 is 0 Å². The van der Waals surface area contributed by atoms with Gasteiger partial charge in [-0.3, -0.25) is 0 Å². The lowest BCUT2D eigenvalue weighted by Crippen LogP contribution is -2.14. The van der Waals surface area contributed by atoms with E-state index in [0.29, 0.717) is 18.3 Å². The molecule has 0 saturated carbocycles. The van der Waals surface area contributed by atoms with E-state index in [1.54, 1.807) is 0 Å². The van der Waals surface area contributed by atoms with Gasteiger partial charge >= 0.3 is 0 Å². The average molecular weight is 271 g/mol. The Morgan fingerprint density at radius 3 is 2.95 bits per heavy atom. The van der Waals surface area contributed by atoms with Crippen molar-refractivity contribution < 1.29 is 9.26 Å². The van der Waals surface area contributed by atoms with Crippen LogP contribution in [-0.2, 0) is 0 Å². The van der Waals surface area contributed by atoms with E-state index in [1.807, 2.05) is 43.3 Å². The molecule has 0 bridgehead atoms. The minimum atomic E-state index is 0.0751. The smallest absolute Gasteiger partial charge is 0.233 e. The molecule has 3 rings (SSSR count). The maximum atomic E-state index is 5.85. The molecule has 5 nitrogen and oxygen atoms in total. The van der Waals surface area contributed by atoms with Crippen LogP contribution in [-0.4, -0.2) is 22.8 Å². The molecular weight excluding hydrogens is 254 g/mol. The summed E-state index contributed by atoms with van der Waals surface area (Å²) in [6, 6.07) is 7.76. The van der Waals surface area contributed by atoms with Crippen molar-refractivity contribution in [1.29, 1.82) is 0 Å². The van der Waals surface area contributed by atoms with Crippen LogP contribution in [0.4, 0.5) is 0 Å². The number of allylic oxidation sites excluding steroid dienone is 1. The van der Waals surface area contributed by atoms with E-state index in [0.717, 1.165) is 17.7 Å². The highest BCUT2D eigenvalue weighted by Crippen LogP contribution is 2.31. The number of para-hydroxylation sites is 1. The van der Waals surface area contributed by atoms with E-state index >= 15 is 0 Å². The van der Waals surface area contributed by atoms with Crippen molar-refractivity contribution >= 4 is 0 Å². The minimum Gasteiger partial charge on any atom is -0.493 e. The molecular formula is C15H17N3O2. The molecule has 1 aromatic carbocycles. The third kappa shape index (κ3) is 2.44. The molecule has 0 amide bonds. The van der Waals surface area contributed by atoms with Gasteiger partial charge in [-0.2, -0.15) is 4.98 Å². The first-order valence-corrected chi connectivity index (χ1v) is 6.77. The fraction of sp³-hybridized carbons (Fsp3) is 0.333. The molecule has 1 aliphatic carbocycles. The average Bonchev–Trinajstić information content (AvgIpc) is 3.08. The Hall–Kier alpha value is -2.14. The molecule has 20 heavy (non-hydrogen) atoms. The second-order valence-electron chi connectivity index (χ2n) is 4.78. The van der Waals surface area contributed by atoms with E-state index in [9.17, 15) is 0 Å². The highest BCUT2D eigenvalue weighted by atomic mass is 16.5. The molecule has 0 saturated heterocycles. The monoisotopic (exact) mass is 271 g/mol. The second kappa shape index (κ2) is 5.46. The summed E-state index contributed by atoms with van der Waals surface area (Å²) in [5, 5.41) is 4.06. The van der Waals surface area contributed by atoms with Crippen molar-refractivity contribution in [2.75, 3.05) is 6.61 Å². The standard InChI is InChI=1S/C15H17N3O2/c1-2-19-13-6-4-3-5-12(13)14-17-15(20-18-14)10-7-8-11(16)9-10/h3-8,10-11H,2,9,16H2,1H3. The predicted octanol–water partition coefficient (Wildman–Crippen LogP) is 2.51. The van der Waals surface area contributed by atoms with Crippen molar-refractivity contribution in [2.45, 2.75) is 25.3 Å². The maximum absolute atomic E-state index is 5.85. The summed E-state index contributed by atoms with van der Waals surface area (Å²) >= 11 is 0. The number of nitrogens with zero attached hydrogens (tertiary/aromatic N) is 2. The molecule has 0 spiro atoms. The number of nitrogens with two attached hydrogens (primary N) is 1. The normalized spacial score (nSPS) is 21.3. The summed E-state index contributed by atoms with van der Waals surface area (Å²) in [5.41, 5.74) is 6.69. The van der Waals surface area contributed by atoms with Crippen molar-refractivity contribution in [3.05, 3.63) is 42.3 Å². The maximum Gasteiger partial charge on any atom is 0.233 e. The fourth-order valence-electron chi connectivity index (χ4n) is 2.34. The number of ether oxygens (including phenoxy) is 1. The lowest BCUT2D eigenvalue weighted by molar-refractivity contribution is 0.340.